The summed E-state index contributed by atoms with van der Waals surface area (Å²) in [6.45, 7) is 4.93. The van der Waals surface area contributed by atoms with Crippen LogP contribution < -0.4 is 5.32 Å². The van der Waals surface area contributed by atoms with E-state index in [0.29, 0.717) is 6.04 Å². The van der Waals surface area contributed by atoms with Gasteiger partial charge in [-0.1, -0.05) is 12.8 Å². The van der Waals surface area contributed by atoms with Crippen LogP contribution in [0.2, 0.25) is 0 Å². The van der Waals surface area contributed by atoms with Gasteiger partial charge < -0.3 is 14.8 Å². The Labute approximate surface area is 116 Å². The van der Waals surface area contributed by atoms with Gasteiger partial charge in [0.2, 0.25) is 5.95 Å². The fraction of sp³-hybridized carbons (Fsp3) is 0.800. The van der Waals surface area contributed by atoms with E-state index in [1.807, 2.05) is 6.20 Å². The van der Waals surface area contributed by atoms with E-state index >= 15 is 0 Å². The van der Waals surface area contributed by atoms with E-state index < -0.39 is 0 Å². The summed E-state index contributed by atoms with van der Waals surface area (Å²) in [5, 5.41) is 3.61. The van der Waals surface area contributed by atoms with Crippen LogP contribution in [0.5, 0.6) is 0 Å². The van der Waals surface area contributed by atoms with Crippen molar-refractivity contribution in [3.05, 3.63) is 12.4 Å². The topological polar surface area (TPSA) is 33.1 Å². The highest BCUT2D eigenvalue weighted by Gasteiger charge is 2.16. The molecule has 0 bridgehead atoms. The highest BCUT2D eigenvalue weighted by atomic mass is 15.2. The third-order valence-corrected chi connectivity index (χ3v) is 4.48. The van der Waals surface area contributed by atoms with Gasteiger partial charge in [0, 0.05) is 25.0 Å². The van der Waals surface area contributed by atoms with E-state index in [1.54, 1.807) is 0 Å². The third kappa shape index (κ3) is 3.50. The zero-order chi connectivity index (χ0) is 12.9. The maximum atomic E-state index is 4.47. The first-order valence-corrected chi connectivity index (χ1v) is 7.92. The Morgan fingerprint density at radius 2 is 1.89 bits per heavy atom. The molecule has 0 aromatic carbocycles. The quantitative estimate of drug-likeness (QED) is 0.855. The average Bonchev–Trinajstić information content (AvgIpc) is 3.13. The molecule has 1 N–H and O–H groups in total. The van der Waals surface area contributed by atoms with E-state index in [2.05, 4.69) is 26.0 Å². The first-order chi connectivity index (χ1) is 9.42. The van der Waals surface area contributed by atoms with E-state index in [-0.39, 0.29) is 0 Å². The molecule has 1 aliphatic carbocycles. The largest absolute Gasteiger partial charge is 0.353 e. The van der Waals surface area contributed by atoms with Crippen molar-refractivity contribution in [2.24, 2.45) is 0 Å². The Balaban J connectivity index is 1.45. The van der Waals surface area contributed by atoms with Crippen molar-refractivity contribution in [1.29, 1.82) is 0 Å². The van der Waals surface area contributed by atoms with E-state index in [4.69, 9.17) is 0 Å². The van der Waals surface area contributed by atoms with Crippen LogP contribution in [0.3, 0.4) is 0 Å². The molecule has 19 heavy (non-hydrogen) atoms. The smallest absolute Gasteiger partial charge is 0.202 e. The maximum absolute atomic E-state index is 4.47. The molecule has 0 spiro atoms. The molecular formula is C15H26N4. The number of anilines is 1. The fourth-order valence-electron chi connectivity index (χ4n) is 3.35. The normalized spacial score (nSPS) is 21.3. The Morgan fingerprint density at radius 3 is 2.68 bits per heavy atom. The van der Waals surface area contributed by atoms with Gasteiger partial charge in [0.15, 0.2) is 0 Å². The van der Waals surface area contributed by atoms with Gasteiger partial charge in [0.1, 0.15) is 0 Å². The minimum atomic E-state index is 0.653. The first-order valence-electron chi connectivity index (χ1n) is 7.92. The lowest BCUT2D eigenvalue weighted by Crippen LogP contribution is -2.22. The molecule has 3 rings (SSSR count). The van der Waals surface area contributed by atoms with Gasteiger partial charge in [-0.25, -0.2) is 4.98 Å². The molecule has 2 fully saturated rings. The van der Waals surface area contributed by atoms with Crippen molar-refractivity contribution >= 4 is 5.95 Å². The van der Waals surface area contributed by atoms with E-state index in [9.17, 15) is 0 Å². The van der Waals surface area contributed by atoms with Gasteiger partial charge in [-0.15, -0.1) is 0 Å². The summed E-state index contributed by atoms with van der Waals surface area (Å²) >= 11 is 0. The summed E-state index contributed by atoms with van der Waals surface area (Å²) in [5.74, 6) is 1.08. The van der Waals surface area contributed by atoms with Crippen LogP contribution >= 0.6 is 0 Å². The first kappa shape index (κ1) is 13.0. The third-order valence-electron chi connectivity index (χ3n) is 4.48. The Bertz CT molecular complexity index is 375. The zero-order valence-electron chi connectivity index (χ0n) is 11.9. The van der Waals surface area contributed by atoms with Crippen molar-refractivity contribution in [3.8, 4) is 0 Å². The number of imidazole rings is 1. The predicted octanol–water partition coefficient (Wildman–Crippen LogP) is 2.72. The average molecular weight is 262 g/mol. The second kappa shape index (κ2) is 6.42. The minimum Gasteiger partial charge on any atom is -0.353 e. The van der Waals surface area contributed by atoms with Crippen molar-refractivity contribution in [3.63, 3.8) is 0 Å². The maximum Gasteiger partial charge on any atom is 0.202 e. The Kier molecular flexibility index (Phi) is 4.38. The van der Waals surface area contributed by atoms with Crippen LogP contribution in [0.1, 0.15) is 44.9 Å². The van der Waals surface area contributed by atoms with E-state index in [1.165, 1.54) is 64.6 Å². The molecule has 2 aliphatic rings. The summed E-state index contributed by atoms with van der Waals surface area (Å²) in [6.07, 6.45) is 13.4. The lowest BCUT2D eigenvalue weighted by molar-refractivity contribution is 0.325. The number of hydrogen-bond donors (Lipinski definition) is 1. The van der Waals surface area contributed by atoms with Gasteiger partial charge >= 0.3 is 0 Å². The molecule has 1 aromatic heterocycles. The highest BCUT2D eigenvalue weighted by Crippen LogP contribution is 2.21. The van der Waals surface area contributed by atoms with Crippen LogP contribution in [0.15, 0.2) is 12.4 Å². The monoisotopic (exact) mass is 262 g/mol. The molecule has 0 radical (unpaired) electrons. The molecule has 1 saturated carbocycles. The molecule has 0 amide bonds. The molecule has 1 saturated heterocycles. The molecule has 1 aromatic rings. The van der Waals surface area contributed by atoms with Gasteiger partial charge in [-0.05, 0) is 51.7 Å². The number of nitrogens with zero attached hydrogens (tertiary/aromatic N) is 3. The summed E-state index contributed by atoms with van der Waals surface area (Å²) in [5.41, 5.74) is 0. The molecule has 0 atom stereocenters. The van der Waals surface area contributed by atoms with Crippen LogP contribution in [-0.2, 0) is 6.54 Å². The molecule has 4 nitrogen and oxygen atoms in total. The second-order valence-corrected chi connectivity index (χ2v) is 5.97. The highest BCUT2D eigenvalue weighted by molar-refractivity contribution is 5.27. The van der Waals surface area contributed by atoms with Gasteiger partial charge in [-0.3, -0.25) is 0 Å². The zero-order valence-corrected chi connectivity index (χ0v) is 11.9. The second-order valence-electron chi connectivity index (χ2n) is 5.97. The molecule has 0 unspecified atom stereocenters. The lowest BCUT2D eigenvalue weighted by Gasteiger charge is -2.17. The van der Waals surface area contributed by atoms with Gasteiger partial charge in [-0.2, -0.15) is 0 Å². The fourth-order valence-corrected chi connectivity index (χ4v) is 3.35. The molecule has 4 heteroatoms. The SMILES string of the molecule is c1cn(CCCN2CCCC2)c(NC2CCCC2)n1. The Morgan fingerprint density at radius 1 is 1.11 bits per heavy atom. The number of rotatable bonds is 6. The number of aryl methyl sites for hydroxylation is 1. The molecule has 2 heterocycles. The minimum absolute atomic E-state index is 0.653. The van der Waals surface area contributed by atoms with Gasteiger partial charge in [0.25, 0.3) is 0 Å². The van der Waals surface area contributed by atoms with E-state index in [0.717, 1.165) is 12.5 Å². The Hall–Kier alpha value is -1.03. The predicted molar refractivity (Wildman–Crippen MR) is 78.4 cm³/mol. The van der Waals surface area contributed by atoms with Crippen LogP contribution in [0.25, 0.3) is 0 Å². The summed E-state index contributed by atoms with van der Waals surface area (Å²) in [6, 6.07) is 0.653. The number of aromatic nitrogens is 2. The summed E-state index contributed by atoms with van der Waals surface area (Å²) < 4.78 is 2.29. The van der Waals surface area contributed by atoms with Crippen molar-refractivity contribution < 1.29 is 0 Å². The van der Waals surface area contributed by atoms with Crippen molar-refractivity contribution in [2.75, 3.05) is 25.0 Å². The van der Waals surface area contributed by atoms with Crippen molar-refractivity contribution in [2.45, 2.75) is 57.5 Å². The van der Waals surface area contributed by atoms with Crippen LogP contribution in [-0.4, -0.2) is 40.1 Å². The molecule has 106 valence electrons. The van der Waals surface area contributed by atoms with Gasteiger partial charge in [0.05, 0.1) is 0 Å². The molecular weight excluding hydrogens is 236 g/mol. The lowest BCUT2D eigenvalue weighted by atomic mass is 10.2. The van der Waals surface area contributed by atoms with Crippen molar-refractivity contribution in [1.82, 2.24) is 14.5 Å². The van der Waals surface area contributed by atoms with Crippen LogP contribution in [0.4, 0.5) is 5.95 Å². The summed E-state index contributed by atoms with van der Waals surface area (Å²) in [7, 11) is 0. The summed E-state index contributed by atoms with van der Waals surface area (Å²) in [4.78, 5) is 7.05. The van der Waals surface area contributed by atoms with Crippen LogP contribution in [0, 0.1) is 0 Å². The molecule has 1 aliphatic heterocycles. The number of nitrogens with one attached hydrogen (secondary N) is 1. The standard InChI is InChI=1S/C15H26N4/c1-2-7-14(6-1)17-15-16-8-13-19(15)12-5-11-18-9-3-4-10-18/h8,13-14H,1-7,9-12H2,(H,16,17). The number of likely N-dealkylation sites (tertiary alicyclic amines) is 1. The number of hydrogen-bond acceptors (Lipinski definition) is 3.